The predicted molar refractivity (Wildman–Crippen MR) is 107 cm³/mol. The monoisotopic (exact) mass is 404 g/mol. The van der Waals surface area contributed by atoms with Crippen LogP contribution in [0.2, 0.25) is 0 Å². The fourth-order valence-corrected chi connectivity index (χ4v) is 3.03. The first-order valence-corrected chi connectivity index (χ1v) is 9.15. The molecule has 0 unspecified atom stereocenters. The number of aromatic nitrogens is 2. The van der Waals surface area contributed by atoms with Crippen molar-refractivity contribution in [3.05, 3.63) is 101 Å². The van der Waals surface area contributed by atoms with Crippen LogP contribution in [-0.4, -0.2) is 9.55 Å². The van der Waals surface area contributed by atoms with Crippen molar-refractivity contribution in [2.24, 2.45) is 0 Å². The normalized spacial score (nSPS) is 10.7. The van der Waals surface area contributed by atoms with E-state index in [1.54, 1.807) is 12.5 Å². The molecule has 0 radical (unpaired) electrons. The molecule has 0 saturated carbocycles. The van der Waals surface area contributed by atoms with E-state index in [2.05, 4.69) is 69.4 Å². The van der Waals surface area contributed by atoms with Gasteiger partial charge in [-0.15, -0.1) is 0 Å². The van der Waals surface area contributed by atoms with E-state index >= 15 is 0 Å². The molecule has 0 spiro atoms. The standard InChI is InChI=1S/C22H17BrN2O/c23-20-10-12-21(13-11-20)26-22-14-24-16-25(22)15-17-6-8-19(9-7-17)18-4-2-1-3-5-18/h1-14,16H,15H2. The smallest absolute Gasteiger partial charge is 0.219 e. The summed E-state index contributed by atoms with van der Waals surface area (Å²) in [7, 11) is 0. The van der Waals surface area contributed by atoms with E-state index in [-0.39, 0.29) is 0 Å². The van der Waals surface area contributed by atoms with Crippen molar-refractivity contribution in [3.63, 3.8) is 0 Å². The second-order valence-electron chi connectivity index (χ2n) is 5.98. The van der Waals surface area contributed by atoms with Crippen LogP contribution < -0.4 is 4.74 Å². The van der Waals surface area contributed by atoms with Crippen LogP contribution in [-0.2, 0) is 6.54 Å². The maximum absolute atomic E-state index is 5.95. The molecule has 1 aromatic heterocycles. The molecule has 26 heavy (non-hydrogen) atoms. The van der Waals surface area contributed by atoms with Gasteiger partial charge in [0.15, 0.2) is 0 Å². The highest BCUT2D eigenvalue weighted by atomic mass is 79.9. The van der Waals surface area contributed by atoms with E-state index in [9.17, 15) is 0 Å². The summed E-state index contributed by atoms with van der Waals surface area (Å²) in [6.07, 6.45) is 3.53. The molecule has 0 N–H and O–H groups in total. The minimum Gasteiger partial charge on any atom is -0.439 e. The lowest BCUT2D eigenvalue weighted by molar-refractivity contribution is 0.436. The van der Waals surface area contributed by atoms with Gasteiger partial charge >= 0.3 is 0 Å². The summed E-state index contributed by atoms with van der Waals surface area (Å²) in [5.74, 6) is 1.51. The third-order valence-corrected chi connectivity index (χ3v) is 4.65. The van der Waals surface area contributed by atoms with E-state index in [0.717, 1.165) is 16.1 Å². The van der Waals surface area contributed by atoms with Gasteiger partial charge in [-0.2, -0.15) is 0 Å². The first-order chi connectivity index (χ1) is 12.8. The van der Waals surface area contributed by atoms with E-state index < -0.39 is 0 Å². The van der Waals surface area contributed by atoms with Crippen LogP contribution in [0.1, 0.15) is 5.56 Å². The fourth-order valence-electron chi connectivity index (χ4n) is 2.77. The summed E-state index contributed by atoms with van der Waals surface area (Å²) >= 11 is 3.43. The lowest BCUT2D eigenvalue weighted by atomic mass is 10.0. The zero-order chi connectivity index (χ0) is 17.8. The molecule has 4 heteroatoms. The maximum atomic E-state index is 5.95. The molecule has 0 atom stereocenters. The molecule has 0 aliphatic rings. The molecule has 0 aliphatic heterocycles. The Kier molecular flexibility index (Phi) is 4.84. The lowest BCUT2D eigenvalue weighted by Crippen LogP contribution is -2.00. The molecule has 0 fully saturated rings. The number of halogens is 1. The third-order valence-electron chi connectivity index (χ3n) is 4.12. The summed E-state index contributed by atoms with van der Waals surface area (Å²) in [5.41, 5.74) is 3.63. The molecule has 0 bridgehead atoms. The molecule has 3 aromatic carbocycles. The Labute approximate surface area is 161 Å². The van der Waals surface area contributed by atoms with Crippen molar-refractivity contribution in [2.75, 3.05) is 0 Å². The SMILES string of the molecule is Brc1ccc(Oc2cncn2Cc2ccc(-c3ccccc3)cc2)cc1. The van der Waals surface area contributed by atoms with Crippen molar-refractivity contribution in [3.8, 4) is 22.8 Å². The van der Waals surface area contributed by atoms with Gasteiger partial charge in [0, 0.05) is 4.47 Å². The molecule has 4 rings (SSSR count). The Morgan fingerprint density at radius 2 is 1.50 bits per heavy atom. The molecule has 3 nitrogen and oxygen atoms in total. The molecular weight excluding hydrogens is 388 g/mol. The van der Waals surface area contributed by atoms with Crippen LogP contribution in [0.4, 0.5) is 0 Å². The zero-order valence-corrected chi connectivity index (χ0v) is 15.6. The van der Waals surface area contributed by atoms with Crippen molar-refractivity contribution < 1.29 is 4.74 Å². The van der Waals surface area contributed by atoms with Crippen LogP contribution >= 0.6 is 15.9 Å². The molecule has 1 heterocycles. The fraction of sp³-hybridized carbons (Fsp3) is 0.0455. The van der Waals surface area contributed by atoms with E-state index in [0.29, 0.717) is 6.54 Å². The molecule has 0 saturated heterocycles. The van der Waals surface area contributed by atoms with Crippen molar-refractivity contribution >= 4 is 15.9 Å². The minimum atomic E-state index is 0.709. The number of nitrogens with zero attached hydrogens (tertiary/aromatic N) is 2. The van der Waals surface area contributed by atoms with Gasteiger partial charge in [0.1, 0.15) is 5.75 Å². The summed E-state index contributed by atoms with van der Waals surface area (Å²) < 4.78 is 8.97. The third kappa shape index (κ3) is 3.86. The van der Waals surface area contributed by atoms with E-state index in [1.165, 1.54) is 16.7 Å². The number of hydrogen-bond acceptors (Lipinski definition) is 2. The average molecular weight is 405 g/mol. The Hall–Kier alpha value is -2.85. The number of benzene rings is 3. The highest BCUT2D eigenvalue weighted by molar-refractivity contribution is 9.10. The highest BCUT2D eigenvalue weighted by Crippen LogP contribution is 2.24. The number of ether oxygens (including phenoxy) is 1. The summed E-state index contributed by atoms with van der Waals surface area (Å²) in [6, 6.07) is 26.7. The first kappa shape index (κ1) is 16.6. The van der Waals surface area contributed by atoms with Gasteiger partial charge in [0.2, 0.25) is 5.88 Å². The summed E-state index contributed by atoms with van der Waals surface area (Å²) in [6.45, 7) is 0.709. The van der Waals surface area contributed by atoms with Crippen LogP contribution in [0.25, 0.3) is 11.1 Å². The van der Waals surface area contributed by atoms with Gasteiger partial charge in [-0.25, -0.2) is 4.98 Å². The van der Waals surface area contributed by atoms with Gasteiger partial charge in [-0.1, -0.05) is 70.5 Å². The van der Waals surface area contributed by atoms with Gasteiger partial charge < -0.3 is 4.74 Å². The largest absolute Gasteiger partial charge is 0.439 e. The van der Waals surface area contributed by atoms with Gasteiger partial charge in [0.25, 0.3) is 0 Å². The predicted octanol–water partition coefficient (Wildman–Crippen LogP) is 6.15. The van der Waals surface area contributed by atoms with Crippen molar-refractivity contribution in [1.82, 2.24) is 9.55 Å². The summed E-state index contributed by atoms with van der Waals surface area (Å²) in [4.78, 5) is 4.23. The van der Waals surface area contributed by atoms with Crippen LogP contribution in [0.3, 0.4) is 0 Å². The Morgan fingerprint density at radius 3 is 2.23 bits per heavy atom. The zero-order valence-electron chi connectivity index (χ0n) is 14.0. The van der Waals surface area contributed by atoms with Gasteiger partial charge in [-0.05, 0) is 41.0 Å². The van der Waals surface area contributed by atoms with E-state index in [1.807, 2.05) is 34.9 Å². The van der Waals surface area contributed by atoms with Crippen LogP contribution in [0.5, 0.6) is 11.6 Å². The number of hydrogen-bond donors (Lipinski definition) is 0. The molecule has 128 valence electrons. The quantitative estimate of drug-likeness (QED) is 0.398. The van der Waals surface area contributed by atoms with Crippen LogP contribution in [0.15, 0.2) is 95.9 Å². The average Bonchev–Trinajstić information content (AvgIpc) is 3.11. The number of imidazole rings is 1. The maximum Gasteiger partial charge on any atom is 0.219 e. The van der Waals surface area contributed by atoms with Crippen molar-refractivity contribution in [1.29, 1.82) is 0 Å². The van der Waals surface area contributed by atoms with Crippen molar-refractivity contribution in [2.45, 2.75) is 6.54 Å². The number of rotatable bonds is 5. The Balaban J connectivity index is 1.49. The topological polar surface area (TPSA) is 27.1 Å². The highest BCUT2D eigenvalue weighted by Gasteiger charge is 2.06. The Morgan fingerprint density at radius 1 is 0.808 bits per heavy atom. The van der Waals surface area contributed by atoms with Crippen LogP contribution in [0, 0.1) is 0 Å². The molecule has 4 aromatic rings. The second kappa shape index (κ2) is 7.58. The minimum absolute atomic E-state index is 0.709. The summed E-state index contributed by atoms with van der Waals surface area (Å²) in [5, 5.41) is 0. The first-order valence-electron chi connectivity index (χ1n) is 8.36. The lowest BCUT2D eigenvalue weighted by Gasteiger charge is -2.10. The van der Waals surface area contributed by atoms with Gasteiger partial charge in [-0.3, -0.25) is 4.57 Å². The molecule has 0 aliphatic carbocycles. The molecular formula is C22H17BrN2O. The molecule has 0 amide bonds. The second-order valence-corrected chi connectivity index (χ2v) is 6.89. The Bertz CT molecular complexity index is 977. The van der Waals surface area contributed by atoms with Gasteiger partial charge in [0.05, 0.1) is 19.1 Å². The van der Waals surface area contributed by atoms with E-state index in [4.69, 9.17) is 4.74 Å².